The van der Waals surface area contributed by atoms with Crippen molar-refractivity contribution in [3.8, 4) is 0 Å². The van der Waals surface area contributed by atoms with E-state index in [0.717, 1.165) is 26.1 Å². The van der Waals surface area contributed by atoms with Crippen molar-refractivity contribution in [3.05, 3.63) is 35.4 Å². The first-order valence-corrected chi connectivity index (χ1v) is 5.79. The second-order valence-corrected chi connectivity index (χ2v) is 4.14. The third-order valence-corrected chi connectivity index (χ3v) is 2.75. The number of benzene rings is 1. The number of nitrogens with two attached hydrogens (primary N) is 1. The topological polar surface area (TPSA) is 51.1 Å². The summed E-state index contributed by atoms with van der Waals surface area (Å²) in [6.07, 6.45) is 3.13. The van der Waals surface area contributed by atoms with E-state index in [0.29, 0.717) is 12.2 Å². The minimum atomic E-state index is 0.493. The SMILES string of the molecule is CN.c1cc(CC2CO2)ccc1CC1CO1. The first-order valence-electron chi connectivity index (χ1n) is 5.79. The Labute approximate surface area is 96.5 Å². The number of epoxide rings is 2. The monoisotopic (exact) mass is 221 g/mol. The Balaban J connectivity index is 0.000000457. The molecule has 3 heteroatoms. The molecule has 1 aromatic rings. The fourth-order valence-corrected chi connectivity index (χ4v) is 1.71. The summed E-state index contributed by atoms with van der Waals surface area (Å²) < 4.78 is 10.4. The number of hydrogen-bond donors (Lipinski definition) is 1. The number of hydrogen-bond acceptors (Lipinski definition) is 3. The summed E-state index contributed by atoms with van der Waals surface area (Å²) in [6.45, 7) is 1.88. The molecule has 2 aliphatic rings. The molecule has 0 aromatic heterocycles. The van der Waals surface area contributed by atoms with Crippen LogP contribution in [0, 0.1) is 0 Å². The van der Waals surface area contributed by atoms with Gasteiger partial charge in [0.1, 0.15) is 0 Å². The molecule has 2 N–H and O–H groups in total. The molecular formula is C13H19NO2. The summed E-state index contributed by atoms with van der Waals surface area (Å²) in [4.78, 5) is 0. The quantitative estimate of drug-likeness (QED) is 0.776. The van der Waals surface area contributed by atoms with Crippen LogP contribution in [0.3, 0.4) is 0 Å². The van der Waals surface area contributed by atoms with Gasteiger partial charge in [-0.1, -0.05) is 24.3 Å². The van der Waals surface area contributed by atoms with Gasteiger partial charge in [-0.15, -0.1) is 0 Å². The van der Waals surface area contributed by atoms with Crippen LogP contribution in [0.15, 0.2) is 24.3 Å². The van der Waals surface area contributed by atoms with Gasteiger partial charge in [0.25, 0.3) is 0 Å². The van der Waals surface area contributed by atoms with Crippen LogP contribution in [-0.4, -0.2) is 32.5 Å². The first kappa shape index (κ1) is 11.6. The zero-order valence-corrected chi connectivity index (χ0v) is 9.69. The van der Waals surface area contributed by atoms with Gasteiger partial charge in [0.15, 0.2) is 0 Å². The highest BCUT2D eigenvalue weighted by atomic mass is 16.6. The van der Waals surface area contributed by atoms with E-state index >= 15 is 0 Å². The van der Waals surface area contributed by atoms with E-state index in [4.69, 9.17) is 9.47 Å². The molecule has 0 saturated carbocycles. The Kier molecular flexibility index (Phi) is 3.93. The van der Waals surface area contributed by atoms with E-state index in [1.54, 1.807) is 0 Å². The second kappa shape index (κ2) is 5.43. The van der Waals surface area contributed by atoms with Crippen molar-refractivity contribution in [1.82, 2.24) is 0 Å². The third-order valence-electron chi connectivity index (χ3n) is 2.75. The highest BCUT2D eigenvalue weighted by molar-refractivity contribution is 5.24. The molecule has 2 unspecified atom stereocenters. The van der Waals surface area contributed by atoms with E-state index in [1.165, 1.54) is 18.2 Å². The van der Waals surface area contributed by atoms with Crippen LogP contribution in [0.5, 0.6) is 0 Å². The molecule has 1 aromatic carbocycles. The Hall–Kier alpha value is -0.900. The lowest BCUT2D eigenvalue weighted by atomic mass is 10.0. The summed E-state index contributed by atoms with van der Waals surface area (Å²) in [5, 5.41) is 0. The van der Waals surface area contributed by atoms with E-state index < -0.39 is 0 Å². The van der Waals surface area contributed by atoms with E-state index in [2.05, 4.69) is 30.0 Å². The van der Waals surface area contributed by atoms with Crippen LogP contribution in [0.1, 0.15) is 11.1 Å². The molecule has 88 valence electrons. The Morgan fingerprint density at radius 1 is 0.938 bits per heavy atom. The zero-order valence-electron chi connectivity index (χ0n) is 9.69. The first-order chi connectivity index (χ1) is 7.90. The fourth-order valence-electron chi connectivity index (χ4n) is 1.71. The van der Waals surface area contributed by atoms with Crippen molar-refractivity contribution in [2.24, 2.45) is 5.73 Å². The summed E-state index contributed by atoms with van der Waals surface area (Å²) in [5.74, 6) is 0. The molecule has 0 bridgehead atoms. The van der Waals surface area contributed by atoms with Crippen LogP contribution in [0.2, 0.25) is 0 Å². The third kappa shape index (κ3) is 3.59. The van der Waals surface area contributed by atoms with Crippen LogP contribution in [0.25, 0.3) is 0 Å². The molecule has 0 amide bonds. The molecule has 2 fully saturated rings. The van der Waals surface area contributed by atoms with Crippen molar-refractivity contribution in [1.29, 1.82) is 0 Å². The largest absolute Gasteiger partial charge is 0.373 e. The van der Waals surface area contributed by atoms with Gasteiger partial charge in [0.05, 0.1) is 25.4 Å². The lowest BCUT2D eigenvalue weighted by Crippen LogP contribution is -1.95. The molecule has 0 aliphatic carbocycles. The van der Waals surface area contributed by atoms with Crippen LogP contribution >= 0.6 is 0 Å². The standard InChI is InChI=1S/C12H14O2.CH5N/c1-2-10(6-12-8-14-12)4-3-9(1)5-11-7-13-11;1-2/h1-4,11-12H,5-8H2;2H2,1H3. The number of rotatable bonds is 4. The zero-order chi connectivity index (χ0) is 11.4. The van der Waals surface area contributed by atoms with Crippen molar-refractivity contribution in [2.45, 2.75) is 25.0 Å². The van der Waals surface area contributed by atoms with Crippen molar-refractivity contribution in [3.63, 3.8) is 0 Å². The molecule has 0 spiro atoms. The molecular weight excluding hydrogens is 202 g/mol. The van der Waals surface area contributed by atoms with E-state index in [1.807, 2.05) is 0 Å². The van der Waals surface area contributed by atoms with Gasteiger partial charge in [0.2, 0.25) is 0 Å². The Morgan fingerprint density at radius 3 is 1.50 bits per heavy atom. The smallest absolute Gasteiger partial charge is 0.0850 e. The fraction of sp³-hybridized carbons (Fsp3) is 0.538. The molecule has 3 nitrogen and oxygen atoms in total. The highest BCUT2D eigenvalue weighted by Crippen LogP contribution is 2.19. The molecule has 2 saturated heterocycles. The lowest BCUT2D eigenvalue weighted by Gasteiger charge is -2.00. The van der Waals surface area contributed by atoms with Crippen molar-refractivity contribution in [2.75, 3.05) is 20.3 Å². The second-order valence-electron chi connectivity index (χ2n) is 4.14. The summed E-state index contributed by atoms with van der Waals surface area (Å²) in [7, 11) is 1.50. The van der Waals surface area contributed by atoms with Crippen LogP contribution in [-0.2, 0) is 22.3 Å². The Morgan fingerprint density at radius 2 is 1.25 bits per heavy atom. The average Bonchev–Trinajstić information content (AvgIpc) is 3.19. The predicted octanol–water partition coefficient (Wildman–Crippen LogP) is 1.14. The van der Waals surface area contributed by atoms with Gasteiger partial charge in [0, 0.05) is 12.8 Å². The molecule has 16 heavy (non-hydrogen) atoms. The highest BCUT2D eigenvalue weighted by Gasteiger charge is 2.23. The summed E-state index contributed by atoms with van der Waals surface area (Å²) in [6, 6.07) is 8.83. The van der Waals surface area contributed by atoms with Gasteiger partial charge in [-0.3, -0.25) is 0 Å². The molecule has 2 atom stereocenters. The average molecular weight is 221 g/mol. The molecule has 0 radical (unpaired) electrons. The molecule has 2 heterocycles. The van der Waals surface area contributed by atoms with Crippen LogP contribution < -0.4 is 5.73 Å². The van der Waals surface area contributed by atoms with E-state index in [-0.39, 0.29) is 0 Å². The van der Waals surface area contributed by atoms with Gasteiger partial charge in [-0.2, -0.15) is 0 Å². The molecule has 2 aliphatic heterocycles. The van der Waals surface area contributed by atoms with Crippen LogP contribution in [0.4, 0.5) is 0 Å². The van der Waals surface area contributed by atoms with E-state index in [9.17, 15) is 0 Å². The van der Waals surface area contributed by atoms with Gasteiger partial charge >= 0.3 is 0 Å². The minimum absolute atomic E-state index is 0.493. The lowest BCUT2D eigenvalue weighted by molar-refractivity contribution is 0.406. The van der Waals surface area contributed by atoms with Gasteiger partial charge < -0.3 is 15.2 Å². The van der Waals surface area contributed by atoms with Crippen molar-refractivity contribution >= 4 is 0 Å². The number of ether oxygens (including phenoxy) is 2. The predicted molar refractivity (Wildman–Crippen MR) is 63.4 cm³/mol. The normalized spacial score (nSPS) is 25.6. The minimum Gasteiger partial charge on any atom is -0.373 e. The Bertz CT molecular complexity index is 282. The maximum absolute atomic E-state index is 5.20. The van der Waals surface area contributed by atoms with Gasteiger partial charge in [-0.25, -0.2) is 0 Å². The summed E-state index contributed by atoms with van der Waals surface area (Å²) in [5.41, 5.74) is 7.26. The molecule has 3 rings (SSSR count). The maximum atomic E-state index is 5.20. The summed E-state index contributed by atoms with van der Waals surface area (Å²) >= 11 is 0. The maximum Gasteiger partial charge on any atom is 0.0850 e. The van der Waals surface area contributed by atoms with Gasteiger partial charge in [-0.05, 0) is 18.2 Å². The van der Waals surface area contributed by atoms with Crippen molar-refractivity contribution < 1.29 is 9.47 Å².